The van der Waals surface area contributed by atoms with Crippen molar-refractivity contribution in [3.05, 3.63) is 96.5 Å². The second-order valence-electron chi connectivity index (χ2n) is 6.62. The molecular formula is C20H14N6O4. The second-order valence-corrected chi connectivity index (χ2v) is 6.62. The molecule has 4 aromatic heterocycles. The van der Waals surface area contributed by atoms with Crippen molar-refractivity contribution in [2.24, 2.45) is 0 Å². The van der Waals surface area contributed by atoms with E-state index in [0.717, 1.165) is 0 Å². The fraction of sp³-hybridized carbons (Fsp3) is 0. The number of nitrogens with one attached hydrogen (secondary N) is 5. The molecule has 0 saturated heterocycles. The number of hydrogen-bond donors (Lipinski definition) is 5. The number of rotatable bonds is 3. The van der Waals surface area contributed by atoms with Crippen molar-refractivity contribution in [3.63, 3.8) is 0 Å². The Kier molecular flexibility index (Phi) is 3.78. The van der Waals surface area contributed by atoms with Crippen LogP contribution in [0.2, 0.25) is 0 Å². The zero-order valence-electron chi connectivity index (χ0n) is 15.3. The van der Waals surface area contributed by atoms with E-state index in [-0.39, 0.29) is 28.0 Å². The molecule has 0 aliphatic rings. The van der Waals surface area contributed by atoms with Crippen LogP contribution in [0.25, 0.3) is 39.2 Å². The van der Waals surface area contributed by atoms with E-state index in [1.54, 1.807) is 41.2 Å². The van der Waals surface area contributed by atoms with Crippen molar-refractivity contribution in [2.75, 3.05) is 0 Å². The monoisotopic (exact) mass is 402 g/mol. The maximum absolute atomic E-state index is 13.0. The van der Waals surface area contributed by atoms with Crippen LogP contribution in [0.1, 0.15) is 0 Å². The summed E-state index contributed by atoms with van der Waals surface area (Å²) >= 11 is 0. The number of H-pyrrole nitrogens is 5. The zero-order valence-corrected chi connectivity index (χ0v) is 15.3. The summed E-state index contributed by atoms with van der Waals surface area (Å²) in [6, 6.07) is 12.5. The average molecular weight is 402 g/mol. The van der Waals surface area contributed by atoms with Gasteiger partial charge in [0.1, 0.15) is 11.5 Å². The lowest BCUT2D eigenvalue weighted by molar-refractivity contribution is 0.938. The molecule has 0 aliphatic carbocycles. The van der Waals surface area contributed by atoms with E-state index in [1.165, 1.54) is 0 Å². The molecule has 0 bridgehead atoms. The van der Waals surface area contributed by atoms with Gasteiger partial charge in [0.2, 0.25) is 0 Å². The quantitative estimate of drug-likeness (QED) is 0.306. The zero-order chi connectivity index (χ0) is 20.8. The predicted octanol–water partition coefficient (Wildman–Crippen LogP) is 1.05. The van der Waals surface area contributed by atoms with Crippen LogP contribution >= 0.6 is 0 Å². The first-order valence-electron chi connectivity index (χ1n) is 8.97. The maximum atomic E-state index is 13.0. The summed E-state index contributed by atoms with van der Waals surface area (Å²) in [4.78, 5) is 62.2. The summed E-state index contributed by atoms with van der Waals surface area (Å²) < 4.78 is 1.57. The lowest BCUT2D eigenvalue weighted by atomic mass is 10.0. The number of fused-ring (bicyclic) bond motifs is 1. The highest BCUT2D eigenvalue weighted by atomic mass is 16.2. The largest absolute Gasteiger partial charge is 0.340 e. The van der Waals surface area contributed by atoms with Gasteiger partial charge in [0.25, 0.3) is 11.1 Å². The number of nitrogens with zero attached hydrogens (tertiary/aromatic N) is 1. The fourth-order valence-electron chi connectivity index (χ4n) is 3.59. The summed E-state index contributed by atoms with van der Waals surface area (Å²) in [6.45, 7) is 0. The molecule has 30 heavy (non-hydrogen) atoms. The minimum absolute atomic E-state index is 0.0773. The molecule has 0 atom stereocenters. The lowest BCUT2D eigenvalue weighted by Gasteiger charge is -2.11. The third kappa shape index (κ3) is 2.66. The van der Waals surface area contributed by atoms with Gasteiger partial charge in [-0.1, -0.05) is 30.3 Å². The molecule has 10 heteroatoms. The standard InChI is InChI=1S/C20H14N6O4/c27-17-12-11(13-16(26-8-4-5-9-26)23-20(30)25-18(13)28)14(10-6-2-1-3-7-10)21-15(12)22-19(29)24-17/h1-9H,(H2,23,25,28,30)(H3,21,22,24,27,29). The molecular weight excluding hydrogens is 388 g/mol. The summed E-state index contributed by atoms with van der Waals surface area (Å²) in [6.07, 6.45) is 3.33. The first kappa shape index (κ1) is 17.5. The third-order valence-corrected chi connectivity index (χ3v) is 4.79. The summed E-state index contributed by atoms with van der Waals surface area (Å²) in [7, 11) is 0. The molecule has 4 heterocycles. The summed E-state index contributed by atoms with van der Waals surface area (Å²) in [5.74, 6) is 0.192. The highest BCUT2D eigenvalue weighted by Crippen LogP contribution is 2.36. The fourth-order valence-corrected chi connectivity index (χ4v) is 3.59. The molecule has 1 aromatic carbocycles. The van der Waals surface area contributed by atoms with Crippen LogP contribution in [-0.4, -0.2) is 29.5 Å². The van der Waals surface area contributed by atoms with Gasteiger partial charge in [-0.15, -0.1) is 0 Å². The van der Waals surface area contributed by atoms with E-state index >= 15 is 0 Å². The maximum Gasteiger partial charge on any atom is 0.327 e. The van der Waals surface area contributed by atoms with Crippen LogP contribution in [0.3, 0.4) is 0 Å². The van der Waals surface area contributed by atoms with Crippen LogP contribution in [0.15, 0.2) is 74.0 Å². The number of benzene rings is 1. The van der Waals surface area contributed by atoms with E-state index in [2.05, 4.69) is 24.9 Å². The number of hydrogen-bond acceptors (Lipinski definition) is 4. The number of aromatic amines is 5. The molecule has 0 spiro atoms. The van der Waals surface area contributed by atoms with E-state index in [0.29, 0.717) is 11.3 Å². The molecule has 10 nitrogen and oxygen atoms in total. The Bertz CT molecular complexity index is 1610. The first-order chi connectivity index (χ1) is 14.5. The Morgan fingerprint density at radius 2 is 1.30 bits per heavy atom. The molecule has 5 aromatic rings. The Labute approximate surface area is 165 Å². The van der Waals surface area contributed by atoms with Gasteiger partial charge in [-0.25, -0.2) is 9.59 Å². The molecule has 0 amide bonds. The Hall–Kier alpha value is -4.60. The molecule has 5 N–H and O–H groups in total. The molecule has 0 radical (unpaired) electrons. The Morgan fingerprint density at radius 3 is 2.03 bits per heavy atom. The van der Waals surface area contributed by atoms with Crippen LogP contribution in [-0.2, 0) is 0 Å². The van der Waals surface area contributed by atoms with Gasteiger partial charge in [0.15, 0.2) is 0 Å². The van der Waals surface area contributed by atoms with Crippen molar-refractivity contribution >= 4 is 11.0 Å². The Balaban J connectivity index is 2.01. The van der Waals surface area contributed by atoms with Crippen molar-refractivity contribution in [1.29, 1.82) is 0 Å². The summed E-state index contributed by atoms with van der Waals surface area (Å²) in [5.41, 5.74) is -1.06. The van der Waals surface area contributed by atoms with Crippen LogP contribution in [0.5, 0.6) is 0 Å². The molecule has 0 fully saturated rings. The van der Waals surface area contributed by atoms with Gasteiger partial charge in [-0.3, -0.25) is 29.5 Å². The van der Waals surface area contributed by atoms with Crippen LogP contribution in [0, 0.1) is 0 Å². The normalized spacial score (nSPS) is 11.2. The SMILES string of the molecule is O=c1[nH]c(-n2cccc2)c(-c2c(-c3ccccc3)[nH]c3[nH]c(=O)[nH]c(=O)c23)c(=O)[nH]1. The van der Waals surface area contributed by atoms with E-state index in [9.17, 15) is 19.2 Å². The Morgan fingerprint density at radius 1 is 0.633 bits per heavy atom. The number of aromatic nitrogens is 6. The highest BCUT2D eigenvalue weighted by molar-refractivity contribution is 6.03. The molecule has 148 valence electrons. The molecule has 0 aliphatic heterocycles. The minimum Gasteiger partial charge on any atom is -0.340 e. The summed E-state index contributed by atoms with van der Waals surface area (Å²) in [5, 5.41) is 0.0967. The van der Waals surface area contributed by atoms with E-state index in [1.807, 2.05) is 18.2 Å². The third-order valence-electron chi connectivity index (χ3n) is 4.79. The van der Waals surface area contributed by atoms with Gasteiger partial charge in [-0.05, 0) is 17.7 Å². The van der Waals surface area contributed by atoms with Crippen molar-refractivity contribution in [2.45, 2.75) is 0 Å². The highest BCUT2D eigenvalue weighted by Gasteiger charge is 2.24. The van der Waals surface area contributed by atoms with Crippen LogP contribution in [0.4, 0.5) is 0 Å². The predicted molar refractivity (Wildman–Crippen MR) is 111 cm³/mol. The average Bonchev–Trinajstić information content (AvgIpc) is 3.36. The van der Waals surface area contributed by atoms with Gasteiger partial charge in [-0.2, -0.15) is 0 Å². The smallest absolute Gasteiger partial charge is 0.327 e. The van der Waals surface area contributed by atoms with Gasteiger partial charge in [0, 0.05) is 18.0 Å². The topological polar surface area (TPSA) is 152 Å². The van der Waals surface area contributed by atoms with E-state index in [4.69, 9.17) is 0 Å². The van der Waals surface area contributed by atoms with Crippen molar-refractivity contribution in [3.8, 4) is 28.2 Å². The molecule has 0 saturated carbocycles. The molecule has 5 rings (SSSR count). The van der Waals surface area contributed by atoms with E-state index < -0.39 is 22.5 Å². The minimum atomic E-state index is -0.684. The first-order valence-corrected chi connectivity index (χ1v) is 8.97. The van der Waals surface area contributed by atoms with Crippen LogP contribution < -0.4 is 22.5 Å². The van der Waals surface area contributed by atoms with Crippen molar-refractivity contribution in [1.82, 2.24) is 29.5 Å². The second kappa shape index (κ2) is 6.48. The van der Waals surface area contributed by atoms with Gasteiger partial charge in [0.05, 0.1) is 16.6 Å². The van der Waals surface area contributed by atoms with Gasteiger partial charge >= 0.3 is 11.4 Å². The molecule has 0 unspecified atom stereocenters. The van der Waals surface area contributed by atoms with Crippen molar-refractivity contribution < 1.29 is 0 Å². The van der Waals surface area contributed by atoms with Gasteiger partial charge < -0.3 is 9.55 Å². The lowest BCUT2D eigenvalue weighted by Crippen LogP contribution is -2.27.